The number of nitrogen functional groups attached to an aromatic ring is 1. The lowest BCUT2D eigenvalue weighted by Gasteiger charge is -1.98. The van der Waals surface area contributed by atoms with Gasteiger partial charge in [-0.2, -0.15) is 0 Å². The standard InChI is InChI=1S/C7H7F2N.ClH/c1-4-2-5(8)7(10)6(9)3-4;/h2-3H,10H2,1H3;1H. The van der Waals surface area contributed by atoms with Crippen LogP contribution in [0.1, 0.15) is 5.56 Å². The van der Waals surface area contributed by atoms with Crippen molar-refractivity contribution in [3.05, 3.63) is 29.3 Å². The first-order chi connectivity index (χ1) is 4.61. The van der Waals surface area contributed by atoms with E-state index < -0.39 is 17.3 Å². The predicted molar refractivity (Wildman–Crippen MR) is 42.8 cm³/mol. The van der Waals surface area contributed by atoms with Crippen molar-refractivity contribution >= 4 is 18.1 Å². The van der Waals surface area contributed by atoms with Gasteiger partial charge in [-0.15, -0.1) is 12.4 Å². The SMILES string of the molecule is Cc1cc(F)c(N)c(F)c1.Cl. The Hall–Kier alpha value is -0.830. The van der Waals surface area contributed by atoms with E-state index in [0.29, 0.717) is 5.56 Å². The summed E-state index contributed by atoms with van der Waals surface area (Å²) in [4.78, 5) is 0. The summed E-state index contributed by atoms with van der Waals surface area (Å²) < 4.78 is 25.0. The molecule has 2 N–H and O–H groups in total. The lowest BCUT2D eigenvalue weighted by molar-refractivity contribution is 0.590. The van der Waals surface area contributed by atoms with Crippen LogP contribution in [0.3, 0.4) is 0 Å². The van der Waals surface area contributed by atoms with Gasteiger partial charge in [-0.1, -0.05) is 0 Å². The number of halogens is 3. The summed E-state index contributed by atoms with van der Waals surface area (Å²) in [6.07, 6.45) is 0. The highest BCUT2D eigenvalue weighted by Gasteiger charge is 2.03. The van der Waals surface area contributed by atoms with Gasteiger partial charge in [0.25, 0.3) is 0 Å². The van der Waals surface area contributed by atoms with Crippen molar-refractivity contribution in [3.63, 3.8) is 0 Å². The van der Waals surface area contributed by atoms with Crippen LogP contribution in [-0.2, 0) is 0 Å². The minimum atomic E-state index is -0.697. The van der Waals surface area contributed by atoms with Crippen LogP contribution in [0, 0.1) is 18.6 Å². The van der Waals surface area contributed by atoms with Gasteiger partial charge in [0.2, 0.25) is 0 Å². The Balaban J connectivity index is 0.000001000. The quantitative estimate of drug-likeness (QED) is 0.608. The largest absolute Gasteiger partial charge is 0.394 e. The summed E-state index contributed by atoms with van der Waals surface area (Å²) in [7, 11) is 0. The molecule has 0 bridgehead atoms. The molecule has 0 spiro atoms. The van der Waals surface area contributed by atoms with Crippen LogP contribution in [0.15, 0.2) is 12.1 Å². The molecular formula is C7H8ClF2N. The van der Waals surface area contributed by atoms with Crippen LogP contribution in [0.2, 0.25) is 0 Å². The highest BCUT2D eigenvalue weighted by Crippen LogP contribution is 2.15. The van der Waals surface area contributed by atoms with E-state index in [9.17, 15) is 8.78 Å². The van der Waals surface area contributed by atoms with Gasteiger partial charge < -0.3 is 5.73 Å². The first-order valence-corrected chi connectivity index (χ1v) is 2.82. The molecule has 0 atom stereocenters. The van der Waals surface area contributed by atoms with E-state index in [2.05, 4.69) is 0 Å². The zero-order valence-corrected chi connectivity index (χ0v) is 6.71. The summed E-state index contributed by atoms with van der Waals surface area (Å²) >= 11 is 0. The topological polar surface area (TPSA) is 26.0 Å². The van der Waals surface area contributed by atoms with E-state index in [1.807, 2.05) is 0 Å². The molecule has 0 aliphatic carbocycles. The average molecular weight is 180 g/mol. The van der Waals surface area contributed by atoms with Crippen LogP contribution < -0.4 is 5.73 Å². The van der Waals surface area contributed by atoms with Crippen LogP contribution in [-0.4, -0.2) is 0 Å². The van der Waals surface area contributed by atoms with Crippen molar-refractivity contribution in [1.29, 1.82) is 0 Å². The highest BCUT2D eigenvalue weighted by molar-refractivity contribution is 5.85. The Morgan fingerprint density at radius 2 is 1.55 bits per heavy atom. The predicted octanol–water partition coefficient (Wildman–Crippen LogP) is 2.28. The molecule has 0 aliphatic heterocycles. The monoisotopic (exact) mass is 179 g/mol. The van der Waals surface area contributed by atoms with Crippen LogP contribution >= 0.6 is 12.4 Å². The van der Waals surface area contributed by atoms with Gasteiger partial charge >= 0.3 is 0 Å². The lowest BCUT2D eigenvalue weighted by Crippen LogP contribution is -1.95. The Morgan fingerprint density at radius 1 is 1.18 bits per heavy atom. The van der Waals surface area contributed by atoms with Crippen LogP contribution in [0.5, 0.6) is 0 Å². The van der Waals surface area contributed by atoms with E-state index in [1.165, 1.54) is 12.1 Å². The molecule has 4 heteroatoms. The molecule has 1 nitrogen and oxygen atoms in total. The summed E-state index contributed by atoms with van der Waals surface area (Å²) in [6.45, 7) is 1.60. The van der Waals surface area contributed by atoms with Crippen molar-refractivity contribution in [1.82, 2.24) is 0 Å². The number of benzene rings is 1. The maximum Gasteiger partial charge on any atom is 0.149 e. The third-order valence-electron chi connectivity index (χ3n) is 1.22. The van der Waals surface area contributed by atoms with E-state index in [1.54, 1.807) is 6.92 Å². The molecule has 0 amide bonds. The zero-order chi connectivity index (χ0) is 7.72. The Kier molecular flexibility index (Phi) is 3.26. The molecule has 1 aromatic rings. The Labute approximate surface area is 69.6 Å². The third-order valence-corrected chi connectivity index (χ3v) is 1.22. The first kappa shape index (κ1) is 10.2. The van der Waals surface area contributed by atoms with Crippen molar-refractivity contribution in [3.8, 4) is 0 Å². The van der Waals surface area contributed by atoms with Crippen molar-refractivity contribution in [2.45, 2.75) is 6.92 Å². The molecule has 0 saturated heterocycles. The third kappa shape index (κ3) is 2.05. The highest BCUT2D eigenvalue weighted by atomic mass is 35.5. The molecule has 0 unspecified atom stereocenters. The number of hydrogen-bond acceptors (Lipinski definition) is 1. The second-order valence-electron chi connectivity index (χ2n) is 2.14. The fraction of sp³-hybridized carbons (Fsp3) is 0.143. The maximum atomic E-state index is 12.5. The Bertz CT molecular complexity index is 240. The summed E-state index contributed by atoms with van der Waals surface area (Å²) in [5.41, 5.74) is 5.12. The first-order valence-electron chi connectivity index (χ1n) is 2.82. The molecular weight excluding hydrogens is 172 g/mol. The van der Waals surface area contributed by atoms with Crippen molar-refractivity contribution < 1.29 is 8.78 Å². The van der Waals surface area contributed by atoms with E-state index in [-0.39, 0.29) is 12.4 Å². The van der Waals surface area contributed by atoms with Gasteiger partial charge in [0.05, 0.1) is 0 Å². The molecule has 1 rings (SSSR count). The van der Waals surface area contributed by atoms with Gasteiger partial charge in [0.15, 0.2) is 0 Å². The summed E-state index contributed by atoms with van der Waals surface area (Å²) in [5.74, 6) is -1.39. The van der Waals surface area contributed by atoms with E-state index in [0.717, 1.165) is 0 Å². The smallest absolute Gasteiger partial charge is 0.149 e. The normalized spacial score (nSPS) is 9.00. The zero-order valence-electron chi connectivity index (χ0n) is 5.90. The molecule has 0 aromatic heterocycles. The van der Waals surface area contributed by atoms with E-state index in [4.69, 9.17) is 5.73 Å². The van der Waals surface area contributed by atoms with Gasteiger partial charge in [0.1, 0.15) is 17.3 Å². The molecule has 0 aliphatic rings. The van der Waals surface area contributed by atoms with Gasteiger partial charge in [-0.05, 0) is 24.6 Å². The number of anilines is 1. The molecule has 11 heavy (non-hydrogen) atoms. The summed E-state index contributed by atoms with van der Waals surface area (Å²) in [6, 6.07) is 2.39. The Morgan fingerprint density at radius 3 is 1.91 bits per heavy atom. The molecule has 0 saturated carbocycles. The minimum Gasteiger partial charge on any atom is -0.394 e. The molecule has 62 valence electrons. The molecule has 0 radical (unpaired) electrons. The fourth-order valence-electron chi connectivity index (χ4n) is 0.711. The second-order valence-corrected chi connectivity index (χ2v) is 2.14. The van der Waals surface area contributed by atoms with Crippen molar-refractivity contribution in [2.75, 3.05) is 5.73 Å². The number of nitrogens with two attached hydrogens (primary N) is 1. The summed E-state index contributed by atoms with van der Waals surface area (Å²) in [5, 5.41) is 0. The minimum absolute atomic E-state index is 0. The number of rotatable bonds is 0. The molecule has 0 heterocycles. The van der Waals surface area contributed by atoms with Crippen LogP contribution in [0.25, 0.3) is 0 Å². The van der Waals surface area contributed by atoms with Gasteiger partial charge in [-0.3, -0.25) is 0 Å². The molecule has 0 fully saturated rings. The molecule has 1 aromatic carbocycles. The number of aryl methyl sites for hydroxylation is 1. The lowest BCUT2D eigenvalue weighted by atomic mass is 10.2. The van der Waals surface area contributed by atoms with Crippen LogP contribution in [0.4, 0.5) is 14.5 Å². The fourth-order valence-corrected chi connectivity index (χ4v) is 0.711. The van der Waals surface area contributed by atoms with Gasteiger partial charge in [-0.25, -0.2) is 8.78 Å². The second kappa shape index (κ2) is 3.53. The maximum absolute atomic E-state index is 12.5. The van der Waals surface area contributed by atoms with Gasteiger partial charge in [0, 0.05) is 0 Å². The average Bonchev–Trinajstić information content (AvgIpc) is 1.82. The number of hydrogen-bond donors (Lipinski definition) is 1. The van der Waals surface area contributed by atoms with E-state index >= 15 is 0 Å². The van der Waals surface area contributed by atoms with Crippen molar-refractivity contribution in [2.24, 2.45) is 0 Å².